The zero-order valence-corrected chi connectivity index (χ0v) is 9.46. The number of nitrogens with two attached hydrogens (primary N) is 1. The van der Waals surface area contributed by atoms with Gasteiger partial charge in [0.25, 0.3) is 5.95 Å². The van der Waals surface area contributed by atoms with E-state index in [4.69, 9.17) is 5.73 Å². The van der Waals surface area contributed by atoms with Gasteiger partial charge in [0.2, 0.25) is 5.95 Å². The molecule has 0 aliphatic carbocycles. The normalized spacial score (nSPS) is 10.7. The van der Waals surface area contributed by atoms with Crippen molar-refractivity contribution >= 4 is 5.95 Å². The van der Waals surface area contributed by atoms with Crippen LogP contribution in [-0.2, 0) is 7.05 Å². The number of rotatable bonds is 2. The molecule has 90 valence electrons. The van der Waals surface area contributed by atoms with Crippen LogP contribution >= 0.6 is 0 Å². The second-order valence-corrected chi connectivity index (χ2v) is 3.53. The molecule has 3 rings (SSSR count). The Kier molecular flexibility index (Phi) is 2.22. The third-order valence-corrected chi connectivity index (χ3v) is 2.21. The second kappa shape index (κ2) is 3.87. The van der Waals surface area contributed by atoms with Crippen molar-refractivity contribution in [2.75, 3.05) is 5.73 Å². The molecule has 0 radical (unpaired) electrons. The Bertz CT molecular complexity index is 669. The predicted molar refractivity (Wildman–Crippen MR) is 61.4 cm³/mol. The van der Waals surface area contributed by atoms with Crippen molar-refractivity contribution in [3.63, 3.8) is 0 Å². The standard InChI is InChI=1S/C9H9N9/c1-17-3-2-6(16-17)7-13-8(10)15-9(14-7)18-5-11-4-12-18/h2-5H,1H3,(H2,10,13,14,15). The summed E-state index contributed by atoms with van der Waals surface area (Å²) in [7, 11) is 1.81. The average Bonchev–Trinajstić information content (AvgIpc) is 2.98. The summed E-state index contributed by atoms with van der Waals surface area (Å²) < 4.78 is 3.06. The van der Waals surface area contributed by atoms with Crippen LogP contribution in [0.15, 0.2) is 24.9 Å². The van der Waals surface area contributed by atoms with Gasteiger partial charge in [-0.3, -0.25) is 4.68 Å². The molecular weight excluding hydrogens is 234 g/mol. The maximum absolute atomic E-state index is 5.65. The van der Waals surface area contributed by atoms with Crippen molar-refractivity contribution in [2.24, 2.45) is 7.05 Å². The fraction of sp³-hybridized carbons (Fsp3) is 0.111. The first kappa shape index (κ1) is 10.3. The summed E-state index contributed by atoms with van der Waals surface area (Å²) in [4.78, 5) is 16.1. The molecular formula is C9H9N9. The maximum atomic E-state index is 5.65. The fourth-order valence-corrected chi connectivity index (χ4v) is 1.44. The average molecular weight is 243 g/mol. The van der Waals surface area contributed by atoms with Gasteiger partial charge in [-0.25, -0.2) is 4.98 Å². The lowest BCUT2D eigenvalue weighted by atomic mass is 10.4. The van der Waals surface area contributed by atoms with Crippen LogP contribution in [0.5, 0.6) is 0 Å². The summed E-state index contributed by atoms with van der Waals surface area (Å²) in [6, 6.07) is 1.79. The molecule has 3 aromatic heterocycles. The van der Waals surface area contributed by atoms with E-state index in [9.17, 15) is 0 Å². The van der Waals surface area contributed by atoms with Gasteiger partial charge in [0.1, 0.15) is 18.3 Å². The smallest absolute Gasteiger partial charge is 0.257 e. The molecule has 0 aliphatic heterocycles. The Morgan fingerprint density at radius 3 is 2.78 bits per heavy atom. The highest BCUT2D eigenvalue weighted by molar-refractivity contribution is 5.50. The number of aryl methyl sites for hydroxylation is 1. The van der Waals surface area contributed by atoms with Crippen LogP contribution in [0, 0.1) is 0 Å². The summed E-state index contributed by atoms with van der Waals surface area (Å²) in [5.41, 5.74) is 6.27. The van der Waals surface area contributed by atoms with Crippen LogP contribution in [0.4, 0.5) is 5.95 Å². The Balaban J connectivity index is 2.11. The molecule has 0 saturated heterocycles. The van der Waals surface area contributed by atoms with E-state index in [1.165, 1.54) is 17.3 Å². The van der Waals surface area contributed by atoms with Gasteiger partial charge < -0.3 is 5.73 Å². The Hall–Kier alpha value is -2.84. The highest BCUT2D eigenvalue weighted by Crippen LogP contribution is 2.13. The van der Waals surface area contributed by atoms with E-state index in [2.05, 4.69) is 30.1 Å². The third kappa shape index (κ3) is 1.77. The minimum Gasteiger partial charge on any atom is -0.368 e. The van der Waals surface area contributed by atoms with Crippen LogP contribution in [-0.4, -0.2) is 39.5 Å². The van der Waals surface area contributed by atoms with Crippen LogP contribution in [0.3, 0.4) is 0 Å². The Morgan fingerprint density at radius 2 is 2.11 bits per heavy atom. The molecule has 3 aromatic rings. The third-order valence-electron chi connectivity index (χ3n) is 2.21. The van der Waals surface area contributed by atoms with Crippen molar-refractivity contribution in [1.29, 1.82) is 0 Å². The highest BCUT2D eigenvalue weighted by atomic mass is 15.4. The molecule has 0 bridgehead atoms. The van der Waals surface area contributed by atoms with Gasteiger partial charge in [0, 0.05) is 13.2 Å². The molecule has 3 heterocycles. The van der Waals surface area contributed by atoms with Crippen LogP contribution in [0.2, 0.25) is 0 Å². The van der Waals surface area contributed by atoms with E-state index in [0.29, 0.717) is 17.5 Å². The number of anilines is 1. The lowest BCUT2D eigenvalue weighted by molar-refractivity contribution is 0.764. The summed E-state index contributed by atoms with van der Waals surface area (Å²) in [5.74, 6) is 0.811. The van der Waals surface area contributed by atoms with Crippen molar-refractivity contribution in [1.82, 2.24) is 39.5 Å². The van der Waals surface area contributed by atoms with E-state index < -0.39 is 0 Å². The molecule has 9 nitrogen and oxygen atoms in total. The largest absolute Gasteiger partial charge is 0.368 e. The zero-order chi connectivity index (χ0) is 12.5. The van der Waals surface area contributed by atoms with Crippen molar-refractivity contribution in [3.8, 4) is 17.5 Å². The monoisotopic (exact) mass is 243 g/mol. The van der Waals surface area contributed by atoms with E-state index in [1.54, 1.807) is 16.9 Å². The Labute approximate surface area is 101 Å². The van der Waals surface area contributed by atoms with Gasteiger partial charge in [-0.1, -0.05) is 0 Å². The van der Waals surface area contributed by atoms with Crippen LogP contribution in [0.25, 0.3) is 17.5 Å². The number of hydrogen-bond donors (Lipinski definition) is 1. The van der Waals surface area contributed by atoms with Crippen molar-refractivity contribution in [2.45, 2.75) is 0 Å². The van der Waals surface area contributed by atoms with Gasteiger partial charge in [-0.2, -0.15) is 29.8 Å². The van der Waals surface area contributed by atoms with Gasteiger partial charge in [0.05, 0.1) is 0 Å². The van der Waals surface area contributed by atoms with E-state index >= 15 is 0 Å². The minimum absolute atomic E-state index is 0.108. The number of aromatic nitrogens is 8. The van der Waals surface area contributed by atoms with Crippen LogP contribution < -0.4 is 5.73 Å². The first-order chi connectivity index (χ1) is 8.72. The summed E-state index contributed by atoms with van der Waals surface area (Å²) >= 11 is 0. The molecule has 18 heavy (non-hydrogen) atoms. The first-order valence-electron chi connectivity index (χ1n) is 5.09. The molecule has 0 amide bonds. The fourth-order valence-electron chi connectivity index (χ4n) is 1.44. The molecule has 0 spiro atoms. The molecule has 0 unspecified atom stereocenters. The predicted octanol–water partition coefficient (Wildman–Crippen LogP) is -0.565. The lowest BCUT2D eigenvalue weighted by Gasteiger charge is -2.01. The van der Waals surface area contributed by atoms with E-state index in [0.717, 1.165) is 0 Å². The Morgan fingerprint density at radius 1 is 1.22 bits per heavy atom. The highest BCUT2D eigenvalue weighted by Gasteiger charge is 2.10. The quantitative estimate of drug-likeness (QED) is 0.641. The van der Waals surface area contributed by atoms with Gasteiger partial charge in [-0.15, -0.1) is 0 Å². The molecule has 0 saturated carbocycles. The molecule has 2 N–H and O–H groups in total. The molecule has 0 aromatic carbocycles. The molecule has 0 aliphatic rings. The van der Waals surface area contributed by atoms with Gasteiger partial charge >= 0.3 is 0 Å². The number of nitrogen functional groups attached to an aromatic ring is 1. The van der Waals surface area contributed by atoms with Gasteiger partial charge in [-0.05, 0) is 6.07 Å². The first-order valence-corrected chi connectivity index (χ1v) is 5.09. The maximum Gasteiger partial charge on any atom is 0.257 e. The molecule has 0 atom stereocenters. The van der Waals surface area contributed by atoms with Crippen molar-refractivity contribution in [3.05, 3.63) is 24.9 Å². The van der Waals surface area contributed by atoms with E-state index in [-0.39, 0.29) is 5.95 Å². The van der Waals surface area contributed by atoms with Gasteiger partial charge in [0.15, 0.2) is 5.82 Å². The number of hydrogen-bond acceptors (Lipinski definition) is 7. The van der Waals surface area contributed by atoms with E-state index in [1.807, 2.05) is 7.05 Å². The minimum atomic E-state index is 0.108. The summed E-state index contributed by atoms with van der Waals surface area (Å²) in [6.45, 7) is 0. The molecule has 9 heteroatoms. The number of nitrogens with zero attached hydrogens (tertiary/aromatic N) is 8. The lowest BCUT2D eigenvalue weighted by Crippen LogP contribution is -2.08. The van der Waals surface area contributed by atoms with Crippen LogP contribution in [0.1, 0.15) is 0 Å². The topological polar surface area (TPSA) is 113 Å². The molecule has 0 fully saturated rings. The summed E-state index contributed by atoms with van der Waals surface area (Å²) in [5, 5.41) is 8.15. The zero-order valence-electron chi connectivity index (χ0n) is 9.46. The van der Waals surface area contributed by atoms with Crippen molar-refractivity contribution < 1.29 is 0 Å². The summed E-state index contributed by atoms with van der Waals surface area (Å²) in [6.07, 6.45) is 4.67. The SMILES string of the molecule is Cn1ccc(-c2nc(N)nc(-n3cncn3)n2)n1. The second-order valence-electron chi connectivity index (χ2n) is 3.53.